The molecule has 0 bridgehead atoms. The molecule has 0 N–H and O–H groups in total. The van der Waals surface area contributed by atoms with Crippen LogP contribution in [0.4, 0.5) is 0 Å². The smallest absolute Gasteiger partial charge is 0.224 e. The van der Waals surface area contributed by atoms with E-state index in [2.05, 4.69) is 38.7 Å². The van der Waals surface area contributed by atoms with E-state index in [1.165, 1.54) is 22.7 Å². The van der Waals surface area contributed by atoms with E-state index in [9.17, 15) is 0 Å². The van der Waals surface area contributed by atoms with Gasteiger partial charge < -0.3 is 9.30 Å². The molecule has 1 heterocycles. The predicted octanol–water partition coefficient (Wildman–Crippen LogP) is 4.35. The first-order valence-electron chi connectivity index (χ1n) is 5.21. The highest BCUT2D eigenvalue weighted by molar-refractivity contribution is 9.10. The summed E-state index contributed by atoms with van der Waals surface area (Å²) in [5.74, 6) is 0. The third-order valence-corrected chi connectivity index (χ3v) is 4.68. The molecule has 0 atom stereocenters. The molecule has 2 nitrogen and oxygen atoms in total. The van der Waals surface area contributed by atoms with Crippen LogP contribution in [-0.2, 0) is 11.8 Å². The number of fused-ring (bicyclic) bond motifs is 1. The number of ether oxygens (including phenoxy) is 1. The first kappa shape index (κ1) is 12.9. The lowest BCUT2D eigenvalue weighted by Gasteiger charge is -2.08. The molecule has 0 aliphatic carbocycles. The fourth-order valence-electron chi connectivity index (χ4n) is 1.64. The van der Waals surface area contributed by atoms with Crippen LogP contribution in [0.5, 0.6) is 0 Å². The zero-order chi connectivity index (χ0) is 12.4. The third-order valence-electron chi connectivity index (χ3n) is 2.40. The minimum absolute atomic E-state index is 0.557. The van der Waals surface area contributed by atoms with Crippen LogP contribution in [-0.4, -0.2) is 15.6 Å². The Morgan fingerprint density at radius 3 is 2.94 bits per heavy atom. The minimum Gasteiger partial charge on any atom is -0.479 e. The third kappa shape index (κ3) is 2.67. The van der Waals surface area contributed by atoms with Gasteiger partial charge in [-0.15, -0.1) is 0 Å². The Labute approximate surface area is 118 Å². The highest BCUT2D eigenvalue weighted by Crippen LogP contribution is 2.35. The first-order valence-corrected chi connectivity index (χ1v) is 7.23. The molecular formula is C12H12BrNOS2. The van der Waals surface area contributed by atoms with E-state index in [4.69, 9.17) is 17.0 Å². The van der Waals surface area contributed by atoms with Gasteiger partial charge in [-0.2, -0.15) is 0 Å². The van der Waals surface area contributed by atoms with Crippen LogP contribution in [0.15, 0.2) is 33.8 Å². The molecular weight excluding hydrogens is 318 g/mol. The number of hydrogen-bond donors (Lipinski definition) is 0. The molecule has 0 fully saturated rings. The van der Waals surface area contributed by atoms with Gasteiger partial charge in [-0.05, 0) is 59.0 Å². The van der Waals surface area contributed by atoms with Gasteiger partial charge in [0.05, 0.1) is 16.6 Å². The Kier molecular flexibility index (Phi) is 4.12. The molecule has 0 amide bonds. The number of aromatic nitrogens is 1. The summed E-state index contributed by atoms with van der Waals surface area (Å²) in [5, 5.41) is 1.21. The predicted molar refractivity (Wildman–Crippen MR) is 80.7 cm³/mol. The molecule has 2 rings (SSSR count). The lowest BCUT2D eigenvalue weighted by molar-refractivity contribution is 0.346. The van der Waals surface area contributed by atoms with Crippen LogP contribution in [0.1, 0.15) is 6.92 Å². The average molecular weight is 330 g/mol. The highest BCUT2D eigenvalue weighted by atomic mass is 79.9. The van der Waals surface area contributed by atoms with Crippen molar-refractivity contribution in [2.75, 3.05) is 6.61 Å². The zero-order valence-electron chi connectivity index (χ0n) is 9.57. The molecule has 0 aliphatic heterocycles. The summed E-state index contributed by atoms with van der Waals surface area (Å²) in [7, 11) is 2.03. The Morgan fingerprint density at radius 2 is 2.24 bits per heavy atom. The molecule has 0 radical (unpaired) electrons. The van der Waals surface area contributed by atoms with Gasteiger partial charge in [-0.1, -0.05) is 6.07 Å². The highest BCUT2D eigenvalue weighted by Gasteiger charge is 2.10. The van der Waals surface area contributed by atoms with Crippen LogP contribution in [0.3, 0.4) is 0 Å². The molecule has 1 aromatic carbocycles. The van der Waals surface area contributed by atoms with Crippen molar-refractivity contribution < 1.29 is 4.74 Å². The van der Waals surface area contributed by atoms with Crippen LogP contribution in [0.25, 0.3) is 10.9 Å². The lowest BCUT2D eigenvalue weighted by Crippen LogP contribution is -1.96. The SMILES string of the molecule is CCOC(=S)Sc1ccc2ccn(C)c2c1Br. The van der Waals surface area contributed by atoms with Crippen LogP contribution in [0, 0.1) is 0 Å². The van der Waals surface area contributed by atoms with E-state index in [-0.39, 0.29) is 0 Å². The number of rotatable bonds is 2. The van der Waals surface area contributed by atoms with Gasteiger partial charge in [0.15, 0.2) is 0 Å². The largest absolute Gasteiger partial charge is 0.479 e. The first-order chi connectivity index (χ1) is 8.13. The summed E-state index contributed by atoms with van der Waals surface area (Å²) in [4.78, 5) is 1.08. The van der Waals surface area contributed by atoms with Crippen molar-refractivity contribution in [2.24, 2.45) is 7.05 Å². The Morgan fingerprint density at radius 1 is 1.47 bits per heavy atom. The number of benzene rings is 1. The van der Waals surface area contributed by atoms with Gasteiger partial charge >= 0.3 is 0 Å². The van der Waals surface area contributed by atoms with Crippen molar-refractivity contribution in [3.63, 3.8) is 0 Å². The molecule has 0 spiro atoms. The van der Waals surface area contributed by atoms with E-state index in [0.717, 1.165) is 9.37 Å². The summed E-state index contributed by atoms with van der Waals surface area (Å²) in [6.45, 7) is 2.54. The van der Waals surface area contributed by atoms with Crippen molar-refractivity contribution in [3.8, 4) is 0 Å². The van der Waals surface area contributed by atoms with E-state index < -0.39 is 0 Å². The van der Waals surface area contributed by atoms with Crippen molar-refractivity contribution >= 4 is 55.2 Å². The fourth-order valence-corrected chi connectivity index (χ4v) is 3.59. The normalized spacial score (nSPS) is 10.8. The number of halogens is 1. The van der Waals surface area contributed by atoms with Gasteiger partial charge in [-0.25, -0.2) is 0 Å². The van der Waals surface area contributed by atoms with Gasteiger partial charge in [0.2, 0.25) is 4.38 Å². The second-order valence-corrected chi connectivity index (χ2v) is 5.96. The summed E-state index contributed by atoms with van der Waals surface area (Å²) in [6.07, 6.45) is 2.05. The van der Waals surface area contributed by atoms with E-state index in [1.54, 1.807) is 0 Å². The number of thioether (sulfide) groups is 1. The van der Waals surface area contributed by atoms with Crippen molar-refractivity contribution in [1.82, 2.24) is 4.57 Å². The zero-order valence-corrected chi connectivity index (χ0v) is 12.8. The van der Waals surface area contributed by atoms with Crippen molar-refractivity contribution in [3.05, 3.63) is 28.9 Å². The van der Waals surface area contributed by atoms with Crippen LogP contribution in [0.2, 0.25) is 0 Å². The fraction of sp³-hybridized carbons (Fsp3) is 0.250. The molecule has 90 valence electrons. The quantitative estimate of drug-likeness (QED) is 0.601. The number of thiocarbonyl (C=S) groups is 1. The Bertz CT molecular complexity index is 565. The monoisotopic (exact) mass is 329 g/mol. The maximum atomic E-state index is 5.29. The summed E-state index contributed by atoms with van der Waals surface area (Å²) < 4.78 is 9.00. The van der Waals surface area contributed by atoms with E-state index >= 15 is 0 Å². The van der Waals surface area contributed by atoms with Gasteiger partial charge in [-0.3, -0.25) is 0 Å². The molecule has 0 saturated heterocycles. The van der Waals surface area contributed by atoms with Crippen molar-refractivity contribution in [2.45, 2.75) is 11.8 Å². The molecule has 1 aromatic heterocycles. The molecule has 5 heteroatoms. The second-order valence-electron chi connectivity index (χ2n) is 3.53. The second kappa shape index (κ2) is 5.42. The van der Waals surface area contributed by atoms with Crippen molar-refractivity contribution in [1.29, 1.82) is 0 Å². The van der Waals surface area contributed by atoms with Gasteiger partial charge in [0.1, 0.15) is 0 Å². The maximum absolute atomic E-state index is 5.29. The van der Waals surface area contributed by atoms with E-state index in [1.807, 2.05) is 20.2 Å². The van der Waals surface area contributed by atoms with Gasteiger partial charge in [0.25, 0.3) is 0 Å². The number of hydrogen-bond acceptors (Lipinski definition) is 3. The Hall–Kier alpha value is -0.520. The summed E-state index contributed by atoms with van der Waals surface area (Å²) in [5.41, 5.74) is 1.18. The number of aryl methyl sites for hydroxylation is 1. The number of nitrogens with zero attached hydrogens (tertiary/aromatic N) is 1. The minimum atomic E-state index is 0.557. The lowest BCUT2D eigenvalue weighted by atomic mass is 10.2. The van der Waals surface area contributed by atoms with Gasteiger partial charge in [0, 0.05) is 23.5 Å². The molecule has 0 unspecified atom stereocenters. The maximum Gasteiger partial charge on any atom is 0.224 e. The molecule has 2 aromatic rings. The molecule has 17 heavy (non-hydrogen) atoms. The van der Waals surface area contributed by atoms with Crippen LogP contribution < -0.4 is 0 Å². The summed E-state index contributed by atoms with van der Waals surface area (Å²) in [6, 6.07) is 6.24. The topological polar surface area (TPSA) is 14.2 Å². The molecule has 0 aliphatic rings. The van der Waals surface area contributed by atoms with E-state index in [0.29, 0.717) is 11.0 Å². The molecule has 0 saturated carbocycles. The summed E-state index contributed by atoms with van der Waals surface area (Å²) >= 11 is 10.2. The average Bonchev–Trinajstić information content (AvgIpc) is 2.65. The standard InChI is InChI=1S/C12H12BrNOS2/c1-3-15-12(16)17-9-5-4-8-6-7-14(2)11(8)10(9)13/h4-7H,3H2,1-2H3. The Balaban J connectivity index is 2.38. The van der Waals surface area contributed by atoms with Crippen LogP contribution >= 0.6 is 39.9 Å².